The lowest BCUT2D eigenvalue weighted by Gasteiger charge is -2.45. The normalized spacial score (nSPS) is 22.2. The molecule has 0 bridgehead atoms. The van der Waals surface area contributed by atoms with Gasteiger partial charge in [-0.2, -0.15) is 4.31 Å². The van der Waals surface area contributed by atoms with E-state index >= 15 is 0 Å². The van der Waals surface area contributed by atoms with Crippen LogP contribution in [0.4, 0.5) is 0 Å². The highest BCUT2D eigenvalue weighted by atomic mass is 35.5. The van der Waals surface area contributed by atoms with Gasteiger partial charge in [-0.25, -0.2) is 8.42 Å². The Kier molecular flexibility index (Phi) is 4.45. The minimum Gasteiger partial charge on any atom is -0.314 e. The highest BCUT2D eigenvalue weighted by molar-refractivity contribution is 7.89. The first-order valence-electron chi connectivity index (χ1n) is 6.89. The van der Waals surface area contributed by atoms with Crippen LogP contribution in [0.25, 0.3) is 0 Å². The molecule has 1 aromatic rings. The maximum Gasteiger partial charge on any atom is 0.246 e. The zero-order chi connectivity index (χ0) is 15.0. The van der Waals surface area contributed by atoms with Crippen molar-refractivity contribution in [1.82, 2.24) is 14.5 Å². The molecular weight excluding hydrogens is 333 g/mol. The van der Waals surface area contributed by atoms with Gasteiger partial charge >= 0.3 is 0 Å². The van der Waals surface area contributed by atoms with Crippen LogP contribution in [0.1, 0.15) is 0 Å². The standard InChI is InChI=1S/C13H17Cl2N3O2S/c14-11-2-1-3-12(15)13(11)21(19,20)18-8-10(9-18)17-6-4-16-5-7-17/h1-3,10,16H,4-9H2. The first-order valence-corrected chi connectivity index (χ1v) is 9.08. The fourth-order valence-electron chi connectivity index (χ4n) is 2.75. The number of benzene rings is 1. The van der Waals surface area contributed by atoms with Gasteiger partial charge in [0.05, 0.1) is 10.0 Å². The Morgan fingerprint density at radius 2 is 1.67 bits per heavy atom. The van der Waals surface area contributed by atoms with Crippen LogP contribution in [0.15, 0.2) is 23.1 Å². The maximum absolute atomic E-state index is 12.6. The van der Waals surface area contributed by atoms with Gasteiger partial charge in [-0.1, -0.05) is 29.3 Å². The summed E-state index contributed by atoms with van der Waals surface area (Å²) < 4.78 is 26.7. The topological polar surface area (TPSA) is 52.7 Å². The van der Waals surface area contributed by atoms with Crippen molar-refractivity contribution in [2.75, 3.05) is 39.3 Å². The third kappa shape index (κ3) is 2.93. The predicted octanol–water partition coefficient (Wildman–Crippen LogP) is 1.27. The molecule has 0 spiro atoms. The Bertz CT molecular complexity index is 606. The summed E-state index contributed by atoms with van der Waals surface area (Å²) in [5.74, 6) is 0. The van der Waals surface area contributed by atoms with E-state index in [0.29, 0.717) is 19.1 Å². The Balaban J connectivity index is 1.73. The van der Waals surface area contributed by atoms with Crippen LogP contribution in [-0.2, 0) is 10.0 Å². The number of halogens is 2. The van der Waals surface area contributed by atoms with Crippen molar-refractivity contribution < 1.29 is 8.42 Å². The van der Waals surface area contributed by atoms with Crippen molar-refractivity contribution in [1.29, 1.82) is 0 Å². The number of hydrogen-bond donors (Lipinski definition) is 1. The molecule has 2 saturated heterocycles. The summed E-state index contributed by atoms with van der Waals surface area (Å²) in [4.78, 5) is 2.35. The minimum absolute atomic E-state index is 0.0205. The van der Waals surface area contributed by atoms with E-state index in [1.165, 1.54) is 4.31 Å². The average molecular weight is 350 g/mol. The monoisotopic (exact) mass is 349 g/mol. The molecule has 0 atom stereocenters. The lowest BCUT2D eigenvalue weighted by Crippen LogP contribution is -2.63. The van der Waals surface area contributed by atoms with Crippen LogP contribution in [0, 0.1) is 0 Å². The number of nitrogens with zero attached hydrogens (tertiary/aromatic N) is 2. The molecule has 0 saturated carbocycles. The summed E-state index contributed by atoms with van der Waals surface area (Å²) >= 11 is 12.0. The van der Waals surface area contributed by atoms with Gasteiger partial charge in [-0.15, -0.1) is 0 Å². The predicted molar refractivity (Wildman–Crippen MR) is 83.5 cm³/mol. The number of sulfonamides is 1. The zero-order valence-electron chi connectivity index (χ0n) is 11.4. The Hall–Kier alpha value is -0.370. The summed E-state index contributed by atoms with van der Waals surface area (Å²) in [7, 11) is -3.61. The summed E-state index contributed by atoms with van der Waals surface area (Å²) in [5, 5.41) is 3.64. The van der Waals surface area contributed by atoms with Crippen LogP contribution < -0.4 is 5.32 Å². The molecule has 5 nitrogen and oxygen atoms in total. The highest BCUT2D eigenvalue weighted by Crippen LogP contribution is 2.34. The van der Waals surface area contributed by atoms with Gasteiger partial charge in [-0.3, -0.25) is 4.90 Å². The fourth-order valence-corrected chi connectivity index (χ4v) is 5.36. The SMILES string of the molecule is O=S(=O)(c1c(Cl)cccc1Cl)N1CC(N2CCNCC2)C1. The van der Waals surface area contributed by atoms with E-state index in [0.717, 1.165) is 26.2 Å². The molecule has 2 aliphatic heterocycles. The Labute approximate surface area is 134 Å². The van der Waals surface area contributed by atoms with E-state index < -0.39 is 10.0 Å². The molecule has 0 unspecified atom stereocenters. The van der Waals surface area contributed by atoms with Gasteiger partial charge in [0.25, 0.3) is 0 Å². The largest absolute Gasteiger partial charge is 0.314 e. The van der Waals surface area contributed by atoms with Crippen LogP contribution >= 0.6 is 23.2 Å². The molecule has 2 fully saturated rings. The minimum atomic E-state index is -3.61. The summed E-state index contributed by atoms with van der Waals surface area (Å²) in [5.41, 5.74) is 0. The van der Waals surface area contributed by atoms with Crippen LogP contribution in [0.3, 0.4) is 0 Å². The second-order valence-electron chi connectivity index (χ2n) is 5.31. The first kappa shape index (κ1) is 15.5. The van der Waals surface area contributed by atoms with Crippen LogP contribution in [-0.4, -0.2) is 62.9 Å². The van der Waals surface area contributed by atoms with Gasteiger partial charge in [0, 0.05) is 45.3 Å². The molecule has 2 heterocycles. The summed E-state index contributed by atoms with van der Waals surface area (Å²) in [6.07, 6.45) is 0. The molecule has 0 aromatic heterocycles. The summed E-state index contributed by atoms with van der Waals surface area (Å²) in [6, 6.07) is 5.04. The van der Waals surface area contributed by atoms with Crippen LogP contribution in [0.5, 0.6) is 0 Å². The second kappa shape index (κ2) is 6.02. The summed E-state index contributed by atoms with van der Waals surface area (Å²) in [6.45, 7) is 4.85. The third-order valence-corrected chi connectivity index (χ3v) is 6.80. The lowest BCUT2D eigenvalue weighted by atomic mass is 10.1. The van der Waals surface area contributed by atoms with E-state index in [1.54, 1.807) is 18.2 Å². The molecule has 21 heavy (non-hydrogen) atoms. The van der Waals surface area contributed by atoms with Crippen molar-refractivity contribution >= 4 is 33.2 Å². The average Bonchev–Trinajstić information content (AvgIpc) is 2.37. The molecule has 116 valence electrons. The third-order valence-electron chi connectivity index (χ3n) is 4.01. The number of hydrogen-bond acceptors (Lipinski definition) is 4. The lowest BCUT2D eigenvalue weighted by molar-refractivity contribution is 0.0773. The molecule has 1 aromatic carbocycles. The molecule has 0 aliphatic carbocycles. The van der Waals surface area contributed by atoms with Gasteiger partial charge in [0.15, 0.2) is 0 Å². The maximum atomic E-state index is 12.6. The van der Waals surface area contributed by atoms with Crippen LogP contribution in [0.2, 0.25) is 10.0 Å². The second-order valence-corrected chi connectivity index (χ2v) is 8.00. The molecule has 2 aliphatic rings. The van der Waals surface area contributed by atoms with E-state index in [4.69, 9.17) is 23.2 Å². The van der Waals surface area contributed by atoms with E-state index in [-0.39, 0.29) is 14.9 Å². The molecule has 1 N–H and O–H groups in total. The molecule has 3 rings (SSSR count). The van der Waals surface area contributed by atoms with E-state index in [9.17, 15) is 8.42 Å². The van der Waals surface area contributed by atoms with Crippen molar-refractivity contribution in [3.63, 3.8) is 0 Å². The van der Waals surface area contributed by atoms with Gasteiger partial charge in [0.1, 0.15) is 4.90 Å². The van der Waals surface area contributed by atoms with Crippen molar-refractivity contribution in [3.05, 3.63) is 28.2 Å². The quantitative estimate of drug-likeness (QED) is 0.892. The van der Waals surface area contributed by atoms with E-state index in [1.807, 2.05) is 0 Å². The molecule has 8 heteroatoms. The first-order chi connectivity index (χ1) is 10.00. The number of piperazine rings is 1. The van der Waals surface area contributed by atoms with Crippen molar-refractivity contribution in [3.8, 4) is 0 Å². The fraction of sp³-hybridized carbons (Fsp3) is 0.538. The number of rotatable bonds is 3. The van der Waals surface area contributed by atoms with Gasteiger partial charge in [0.2, 0.25) is 10.0 Å². The molecule has 0 amide bonds. The smallest absolute Gasteiger partial charge is 0.246 e. The highest BCUT2D eigenvalue weighted by Gasteiger charge is 2.41. The number of nitrogens with one attached hydrogen (secondary N) is 1. The van der Waals surface area contributed by atoms with Gasteiger partial charge in [-0.05, 0) is 12.1 Å². The van der Waals surface area contributed by atoms with Crippen molar-refractivity contribution in [2.24, 2.45) is 0 Å². The molecular formula is C13H17Cl2N3O2S. The Morgan fingerprint density at radius 3 is 2.24 bits per heavy atom. The van der Waals surface area contributed by atoms with E-state index in [2.05, 4.69) is 10.2 Å². The zero-order valence-corrected chi connectivity index (χ0v) is 13.8. The Morgan fingerprint density at radius 1 is 1.10 bits per heavy atom. The van der Waals surface area contributed by atoms with Gasteiger partial charge < -0.3 is 5.32 Å². The van der Waals surface area contributed by atoms with Crippen molar-refractivity contribution in [2.45, 2.75) is 10.9 Å². The molecule has 0 radical (unpaired) electrons.